The third-order valence-electron chi connectivity index (χ3n) is 4.46. The van der Waals surface area contributed by atoms with Crippen molar-refractivity contribution in [1.82, 2.24) is 15.5 Å². The first-order valence-electron chi connectivity index (χ1n) is 9.13. The Balaban J connectivity index is 1.47. The van der Waals surface area contributed by atoms with Crippen LogP contribution < -0.4 is 14.8 Å². The van der Waals surface area contributed by atoms with Gasteiger partial charge in [-0.2, -0.15) is 4.98 Å². The zero-order chi connectivity index (χ0) is 19.1. The second-order valence-corrected chi connectivity index (χ2v) is 6.37. The zero-order valence-corrected chi connectivity index (χ0v) is 15.7. The van der Waals surface area contributed by atoms with Crippen molar-refractivity contribution < 1.29 is 23.5 Å². The van der Waals surface area contributed by atoms with Gasteiger partial charge in [0.25, 0.3) is 0 Å². The molecule has 1 amide bonds. The van der Waals surface area contributed by atoms with Crippen LogP contribution in [0.25, 0.3) is 11.4 Å². The van der Waals surface area contributed by atoms with Crippen LogP contribution >= 0.6 is 0 Å². The minimum atomic E-state index is 0.0186. The number of nitrogens with one attached hydrogen (secondary N) is 1. The third kappa shape index (κ3) is 5.19. The number of benzene rings is 1. The summed E-state index contributed by atoms with van der Waals surface area (Å²) >= 11 is 0. The highest BCUT2D eigenvalue weighted by atomic mass is 16.5. The molecule has 146 valence electrons. The highest BCUT2D eigenvalue weighted by Gasteiger charge is 2.16. The highest BCUT2D eigenvalue weighted by molar-refractivity contribution is 5.75. The Labute approximate surface area is 158 Å². The van der Waals surface area contributed by atoms with E-state index in [1.54, 1.807) is 26.4 Å². The second kappa shape index (κ2) is 9.36. The zero-order valence-electron chi connectivity index (χ0n) is 15.7. The molecule has 1 unspecified atom stereocenters. The van der Waals surface area contributed by atoms with Gasteiger partial charge in [-0.3, -0.25) is 4.79 Å². The first kappa shape index (κ1) is 19.2. The van der Waals surface area contributed by atoms with Crippen LogP contribution in [-0.2, 0) is 16.0 Å². The van der Waals surface area contributed by atoms with E-state index in [9.17, 15) is 4.79 Å². The topological polar surface area (TPSA) is 95.7 Å². The maximum Gasteiger partial charge on any atom is 0.226 e. The second-order valence-electron chi connectivity index (χ2n) is 6.37. The summed E-state index contributed by atoms with van der Waals surface area (Å²) in [6, 6.07) is 5.43. The summed E-state index contributed by atoms with van der Waals surface area (Å²) in [6.45, 7) is 1.38. The molecular formula is C19H25N3O5. The van der Waals surface area contributed by atoms with Gasteiger partial charge in [0, 0.05) is 31.6 Å². The van der Waals surface area contributed by atoms with Gasteiger partial charge in [-0.15, -0.1) is 0 Å². The Bertz CT molecular complexity index is 756. The molecule has 8 nitrogen and oxygen atoms in total. The van der Waals surface area contributed by atoms with Crippen molar-refractivity contribution in [2.24, 2.45) is 0 Å². The maximum absolute atomic E-state index is 11.9. The van der Waals surface area contributed by atoms with Crippen molar-refractivity contribution >= 4 is 5.91 Å². The normalized spacial score (nSPS) is 16.3. The SMILES string of the molecule is COc1ccc(-c2noc(CCCC(=O)NCC3CCCO3)n2)cc1OC. The van der Waals surface area contributed by atoms with E-state index in [1.165, 1.54) is 0 Å². The van der Waals surface area contributed by atoms with Gasteiger partial charge in [-0.25, -0.2) is 0 Å². The Morgan fingerprint density at radius 1 is 1.30 bits per heavy atom. The van der Waals surface area contributed by atoms with Gasteiger partial charge in [0.2, 0.25) is 17.6 Å². The molecule has 1 aliphatic rings. The molecule has 1 saturated heterocycles. The predicted octanol–water partition coefficient (Wildman–Crippen LogP) is 2.37. The number of hydrogen-bond donors (Lipinski definition) is 1. The van der Waals surface area contributed by atoms with Crippen LogP contribution in [0.3, 0.4) is 0 Å². The Hall–Kier alpha value is -2.61. The average Bonchev–Trinajstić information content (AvgIpc) is 3.38. The van der Waals surface area contributed by atoms with E-state index < -0.39 is 0 Å². The largest absolute Gasteiger partial charge is 0.493 e. The summed E-state index contributed by atoms with van der Waals surface area (Å²) in [5, 5.41) is 6.91. The van der Waals surface area contributed by atoms with Crippen LogP contribution in [0.2, 0.25) is 0 Å². The molecule has 0 radical (unpaired) electrons. The van der Waals surface area contributed by atoms with Gasteiger partial charge in [0.05, 0.1) is 20.3 Å². The van der Waals surface area contributed by atoms with Gasteiger partial charge in [0.15, 0.2) is 11.5 Å². The molecule has 3 rings (SSSR count). The van der Waals surface area contributed by atoms with Gasteiger partial charge in [-0.1, -0.05) is 5.16 Å². The lowest BCUT2D eigenvalue weighted by Crippen LogP contribution is -2.31. The molecule has 8 heteroatoms. The summed E-state index contributed by atoms with van der Waals surface area (Å²) in [5.74, 6) is 2.24. The Kier molecular flexibility index (Phi) is 6.64. The van der Waals surface area contributed by atoms with Crippen LogP contribution in [0.4, 0.5) is 0 Å². The molecule has 1 aliphatic heterocycles. The van der Waals surface area contributed by atoms with Crippen LogP contribution in [0.15, 0.2) is 22.7 Å². The molecular weight excluding hydrogens is 350 g/mol. The van der Waals surface area contributed by atoms with E-state index >= 15 is 0 Å². The molecule has 1 atom stereocenters. The number of aromatic nitrogens is 2. The van der Waals surface area contributed by atoms with Crippen LogP contribution in [0, 0.1) is 0 Å². The smallest absolute Gasteiger partial charge is 0.226 e. The number of carbonyl (C=O) groups is 1. The summed E-state index contributed by atoms with van der Waals surface area (Å²) in [5.41, 5.74) is 0.775. The van der Waals surface area contributed by atoms with E-state index in [2.05, 4.69) is 15.5 Å². The number of aryl methyl sites for hydroxylation is 1. The average molecular weight is 375 g/mol. The summed E-state index contributed by atoms with van der Waals surface area (Å²) < 4.78 is 21.3. The number of amides is 1. The number of carbonyl (C=O) groups excluding carboxylic acids is 1. The van der Waals surface area contributed by atoms with Crippen molar-refractivity contribution in [1.29, 1.82) is 0 Å². The first-order valence-corrected chi connectivity index (χ1v) is 9.13. The van der Waals surface area contributed by atoms with Crippen molar-refractivity contribution in [3.8, 4) is 22.9 Å². The lowest BCUT2D eigenvalue weighted by molar-refractivity contribution is -0.121. The molecule has 1 aromatic heterocycles. The van der Waals surface area contributed by atoms with E-state index in [0.29, 0.717) is 49.0 Å². The molecule has 1 fully saturated rings. The van der Waals surface area contributed by atoms with Crippen LogP contribution in [0.5, 0.6) is 11.5 Å². The molecule has 0 saturated carbocycles. The molecule has 0 spiro atoms. The van der Waals surface area contributed by atoms with Gasteiger partial charge in [-0.05, 0) is 37.5 Å². The highest BCUT2D eigenvalue weighted by Crippen LogP contribution is 2.31. The number of rotatable bonds is 9. The van der Waals surface area contributed by atoms with Crippen molar-refractivity contribution in [2.45, 2.75) is 38.2 Å². The number of nitrogens with zero attached hydrogens (tertiary/aromatic N) is 2. The Morgan fingerprint density at radius 3 is 2.89 bits per heavy atom. The fourth-order valence-electron chi connectivity index (χ4n) is 2.97. The molecule has 27 heavy (non-hydrogen) atoms. The number of hydrogen-bond acceptors (Lipinski definition) is 7. The summed E-state index contributed by atoms with van der Waals surface area (Å²) in [6.07, 6.45) is 3.86. The molecule has 2 aromatic rings. The standard InChI is InChI=1S/C19H25N3O5/c1-24-15-9-8-13(11-16(15)25-2)19-21-18(27-22-19)7-3-6-17(23)20-12-14-5-4-10-26-14/h8-9,11,14H,3-7,10,12H2,1-2H3,(H,20,23). The van der Waals surface area contributed by atoms with Crippen molar-refractivity contribution in [3.05, 3.63) is 24.1 Å². The van der Waals surface area contributed by atoms with Gasteiger partial charge < -0.3 is 24.1 Å². The Morgan fingerprint density at radius 2 is 2.15 bits per heavy atom. The molecule has 2 heterocycles. The third-order valence-corrected chi connectivity index (χ3v) is 4.46. The van der Waals surface area contributed by atoms with E-state index in [1.807, 2.05) is 6.07 Å². The minimum absolute atomic E-state index is 0.0186. The number of ether oxygens (including phenoxy) is 3. The van der Waals surface area contributed by atoms with Crippen molar-refractivity contribution in [2.75, 3.05) is 27.4 Å². The lowest BCUT2D eigenvalue weighted by atomic mass is 10.2. The van der Waals surface area contributed by atoms with E-state index in [-0.39, 0.29) is 12.0 Å². The maximum atomic E-state index is 11.9. The molecule has 1 aromatic carbocycles. The van der Waals surface area contributed by atoms with Crippen LogP contribution in [-0.4, -0.2) is 49.5 Å². The molecule has 1 N–H and O–H groups in total. The monoisotopic (exact) mass is 375 g/mol. The van der Waals surface area contributed by atoms with E-state index in [0.717, 1.165) is 25.0 Å². The van der Waals surface area contributed by atoms with E-state index in [4.69, 9.17) is 18.7 Å². The number of methoxy groups -OCH3 is 2. The minimum Gasteiger partial charge on any atom is -0.493 e. The lowest BCUT2D eigenvalue weighted by Gasteiger charge is -2.10. The summed E-state index contributed by atoms with van der Waals surface area (Å²) in [7, 11) is 3.16. The predicted molar refractivity (Wildman–Crippen MR) is 97.8 cm³/mol. The quantitative estimate of drug-likeness (QED) is 0.719. The summed E-state index contributed by atoms with van der Waals surface area (Å²) in [4.78, 5) is 16.3. The van der Waals surface area contributed by atoms with Crippen molar-refractivity contribution in [3.63, 3.8) is 0 Å². The fourth-order valence-corrected chi connectivity index (χ4v) is 2.97. The first-order chi connectivity index (χ1) is 13.2. The molecule has 0 bridgehead atoms. The van der Waals surface area contributed by atoms with Gasteiger partial charge >= 0.3 is 0 Å². The van der Waals surface area contributed by atoms with Crippen LogP contribution in [0.1, 0.15) is 31.6 Å². The van der Waals surface area contributed by atoms with Gasteiger partial charge in [0.1, 0.15) is 0 Å². The fraction of sp³-hybridized carbons (Fsp3) is 0.526. The molecule has 0 aliphatic carbocycles.